The number of piperidine rings is 1. The van der Waals surface area contributed by atoms with Crippen molar-refractivity contribution in [2.45, 2.75) is 31.2 Å². The lowest BCUT2D eigenvalue weighted by Crippen LogP contribution is -2.45. The van der Waals surface area contributed by atoms with Crippen LogP contribution in [-0.2, 0) is 22.9 Å². The Balaban J connectivity index is 1.26. The van der Waals surface area contributed by atoms with Gasteiger partial charge in [-0.2, -0.15) is 0 Å². The summed E-state index contributed by atoms with van der Waals surface area (Å²) in [6.45, 7) is 2.65. The Bertz CT molecular complexity index is 1800. The van der Waals surface area contributed by atoms with Gasteiger partial charge in [0.15, 0.2) is 0 Å². The molecule has 0 saturated carbocycles. The number of rotatable bonds is 6. The van der Waals surface area contributed by atoms with E-state index in [0.29, 0.717) is 25.1 Å². The largest absolute Gasteiger partial charge is 0.478 e. The fourth-order valence-corrected chi connectivity index (χ4v) is 7.94. The molecule has 0 spiro atoms. The molecule has 1 fully saturated rings. The van der Waals surface area contributed by atoms with Crippen molar-refractivity contribution < 1.29 is 23.1 Å². The fourth-order valence-electron chi connectivity index (χ4n) is 5.84. The Morgan fingerprint density at radius 2 is 1.76 bits per heavy atom. The zero-order valence-corrected chi connectivity index (χ0v) is 26.1. The topological polar surface area (TPSA) is 127 Å². The van der Waals surface area contributed by atoms with Crippen molar-refractivity contribution in [1.82, 2.24) is 14.9 Å². The average Bonchev–Trinajstić information content (AvgIpc) is 3.31. The molecule has 6 rings (SSSR count). The van der Waals surface area contributed by atoms with Gasteiger partial charge in [0, 0.05) is 40.1 Å². The number of pyridine rings is 1. The van der Waals surface area contributed by atoms with Gasteiger partial charge in [0.1, 0.15) is 15.5 Å². The molecule has 2 amide bonds. The highest BCUT2D eigenvalue weighted by Gasteiger charge is 2.32. The summed E-state index contributed by atoms with van der Waals surface area (Å²) in [5.74, 6) is -1.02. The van der Waals surface area contributed by atoms with Gasteiger partial charge in [-0.25, -0.2) is 23.0 Å². The fraction of sp³-hybridized carbons (Fsp3) is 0.300. The molecule has 4 heterocycles. The van der Waals surface area contributed by atoms with Crippen LogP contribution in [0.2, 0.25) is 0 Å². The van der Waals surface area contributed by atoms with Crippen molar-refractivity contribution in [1.29, 1.82) is 0 Å². The first-order valence-corrected chi connectivity index (χ1v) is 16.6. The minimum atomic E-state index is -2.98. The van der Waals surface area contributed by atoms with Gasteiger partial charge in [-0.05, 0) is 83.9 Å². The van der Waals surface area contributed by atoms with Gasteiger partial charge in [-0.1, -0.05) is 24.3 Å². The van der Waals surface area contributed by atoms with Gasteiger partial charge in [0.25, 0.3) is 0 Å². The second kappa shape index (κ2) is 11.0. The minimum Gasteiger partial charge on any atom is -0.478 e. The molecule has 10 nitrogen and oxygen atoms in total. The number of likely N-dealkylation sites (tertiary alicyclic amines) is 1. The Labute approximate surface area is 257 Å². The molecular weight excluding hydrogens is 669 g/mol. The van der Waals surface area contributed by atoms with E-state index in [0.717, 1.165) is 56.7 Å². The van der Waals surface area contributed by atoms with Crippen LogP contribution >= 0.6 is 22.6 Å². The maximum atomic E-state index is 13.3. The number of amides is 2. The molecule has 0 aliphatic carbocycles. The molecule has 218 valence electrons. The summed E-state index contributed by atoms with van der Waals surface area (Å²) >= 11 is 2.33. The highest BCUT2D eigenvalue weighted by molar-refractivity contribution is 14.1. The van der Waals surface area contributed by atoms with Crippen molar-refractivity contribution in [3.05, 3.63) is 75.0 Å². The summed E-state index contributed by atoms with van der Waals surface area (Å²) in [5, 5.41) is 9.97. The van der Waals surface area contributed by atoms with Gasteiger partial charge in [-0.3, -0.25) is 14.7 Å². The monoisotopic (exact) mass is 699 g/mol. The van der Waals surface area contributed by atoms with Crippen LogP contribution < -0.4 is 9.80 Å². The zero-order valence-electron chi connectivity index (χ0n) is 23.2. The molecule has 0 unspecified atom stereocenters. The van der Waals surface area contributed by atoms with E-state index < -0.39 is 15.8 Å². The number of aromatic nitrogens is 2. The summed E-state index contributed by atoms with van der Waals surface area (Å²) < 4.78 is 24.8. The van der Waals surface area contributed by atoms with Crippen LogP contribution in [-0.4, -0.2) is 72.0 Å². The SMILES string of the molecule is CN1C(=O)N(c2ccc(C(=O)O)cc2)Cc2c1cnc1[nH]c(-c3ccc(CN4CCC(S(C)(=O)=O)CC4)cc3)c(I)c21. The molecule has 2 aromatic carbocycles. The number of aromatic amines is 1. The predicted octanol–water partition coefficient (Wildman–Crippen LogP) is 5.12. The number of anilines is 2. The third-order valence-corrected chi connectivity index (χ3v) is 11.0. The van der Waals surface area contributed by atoms with Crippen LogP contribution in [0.3, 0.4) is 0 Å². The van der Waals surface area contributed by atoms with Crippen molar-refractivity contribution in [2.75, 3.05) is 36.2 Å². The van der Waals surface area contributed by atoms with Gasteiger partial charge < -0.3 is 10.1 Å². The van der Waals surface area contributed by atoms with Gasteiger partial charge in [-0.15, -0.1) is 0 Å². The third kappa shape index (κ3) is 5.26. The Hall–Kier alpha value is -3.49. The second-order valence-corrected chi connectivity index (χ2v) is 14.3. The molecule has 2 aliphatic rings. The Morgan fingerprint density at radius 1 is 1.10 bits per heavy atom. The minimum absolute atomic E-state index is 0.163. The molecule has 12 heteroatoms. The number of nitrogens with zero attached hydrogens (tertiary/aromatic N) is 4. The van der Waals surface area contributed by atoms with Gasteiger partial charge in [0.2, 0.25) is 0 Å². The number of urea groups is 1. The number of hydrogen-bond donors (Lipinski definition) is 2. The van der Waals surface area contributed by atoms with E-state index in [1.54, 1.807) is 35.2 Å². The van der Waals surface area contributed by atoms with E-state index in [2.05, 4.69) is 61.7 Å². The molecule has 0 radical (unpaired) electrons. The summed E-state index contributed by atoms with van der Waals surface area (Å²) in [7, 11) is -1.27. The summed E-state index contributed by atoms with van der Waals surface area (Å²) in [6.07, 6.45) is 4.39. The number of halogens is 1. The maximum absolute atomic E-state index is 13.3. The summed E-state index contributed by atoms with van der Waals surface area (Å²) in [4.78, 5) is 38.2. The molecule has 2 aromatic heterocycles. The van der Waals surface area contributed by atoms with Gasteiger partial charge >= 0.3 is 12.0 Å². The lowest BCUT2D eigenvalue weighted by molar-refractivity contribution is 0.0697. The quantitative estimate of drug-likeness (QED) is 0.268. The van der Waals surface area contributed by atoms with Crippen molar-refractivity contribution in [3.63, 3.8) is 0 Å². The molecule has 2 aliphatic heterocycles. The number of benzene rings is 2. The number of carboxylic acid groups (broad SMARTS) is 1. The number of carbonyl (C=O) groups is 2. The molecule has 42 heavy (non-hydrogen) atoms. The highest BCUT2D eigenvalue weighted by atomic mass is 127. The Kier molecular flexibility index (Phi) is 7.48. The van der Waals surface area contributed by atoms with E-state index in [1.807, 2.05) is 0 Å². The van der Waals surface area contributed by atoms with E-state index in [4.69, 9.17) is 0 Å². The van der Waals surface area contributed by atoms with Crippen LogP contribution in [0.25, 0.3) is 22.3 Å². The first-order chi connectivity index (χ1) is 20.0. The second-order valence-electron chi connectivity index (χ2n) is 10.9. The lowest BCUT2D eigenvalue weighted by atomic mass is 10.0. The van der Waals surface area contributed by atoms with Crippen LogP contribution in [0.4, 0.5) is 16.2 Å². The number of H-pyrrole nitrogens is 1. The van der Waals surface area contributed by atoms with Crippen molar-refractivity contribution in [3.8, 4) is 11.3 Å². The summed E-state index contributed by atoms with van der Waals surface area (Å²) in [5.41, 5.74) is 6.36. The standard InChI is InChI=1S/C30H30IN5O5S/c1-34-24-15-32-28-25(23(24)17-36(30(34)39)21-9-7-20(8-10-21)29(37)38)26(31)27(33-28)19-5-3-18(4-6-19)16-35-13-11-22(12-14-35)42(2,40)41/h3-10,15,22H,11-14,16-17H2,1-2H3,(H,32,33)(H,37,38). The molecular formula is C30H30IN5O5S. The number of nitrogens with one attached hydrogen (secondary N) is 1. The maximum Gasteiger partial charge on any atom is 0.335 e. The number of fused-ring (bicyclic) bond motifs is 3. The van der Waals surface area contributed by atoms with Crippen LogP contribution in [0.15, 0.2) is 54.7 Å². The smallest absolute Gasteiger partial charge is 0.335 e. The van der Waals surface area contributed by atoms with Crippen molar-refractivity contribution in [2.24, 2.45) is 0 Å². The number of hydrogen-bond acceptors (Lipinski definition) is 6. The first-order valence-electron chi connectivity index (χ1n) is 13.6. The molecule has 0 bridgehead atoms. The molecule has 0 atom stereocenters. The Morgan fingerprint density at radius 3 is 2.38 bits per heavy atom. The van der Waals surface area contributed by atoms with E-state index in [9.17, 15) is 23.1 Å². The normalized spacial score (nSPS) is 16.7. The first kappa shape index (κ1) is 28.6. The average molecular weight is 700 g/mol. The number of carbonyl (C=O) groups excluding carboxylic acids is 1. The molecule has 1 saturated heterocycles. The highest BCUT2D eigenvalue weighted by Crippen LogP contribution is 2.40. The van der Waals surface area contributed by atoms with E-state index in [-0.39, 0.29) is 16.8 Å². The van der Waals surface area contributed by atoms with Gasteiger partial charge in [0.05, 0.1) is 34.9 Å². The summed E-state index contributed by atoms with van der Waals surface area (Å²) in [6, 6.07) is 14.5. The van der Waals surface area contributed by atoms with E-state index in [1.165, 1.54) is 24.0 Å². The number of carboxylic acids is 1. The van der Waals surface area contributed by atoms with E-state index >= 15 is 0 Å². The molecule has 4 aromatic rings. The third-order valence-electron chi connectivity index (χ3n) is 8.26. The van der Waals surface area contributed by atoms with Crippen LogP contribution in [0.5, 0.6) is 0 Å². The van der Waals surface area contributed by atoms with Crippen LogP contribution in [0.1, 0.15) is 34.3 Å². The lowest BCUT2D eigenvalue weighted by Gasteiger charge is -2.35. The zero-order chi connectivity index (χ0) is 29.8. The predicted molar refractivity (Wildman–Crippen MR) is 171 cm³/mol. The number of sulfone groups is 1. The number of aromatic carboxylic acids is 1. The van der Waals surface area contributed by atoms with Crippen molar-refractivity contribution >= 4 is 66.8 Å². The van der Waals surface area contributed by atoms with Crippen LogP contribution in [0, 0.1) is 3.57 Å². The molecule has 2 N–H and O–H groups in total.